The van der Waals surface area contributed by atoms with Crippen LogP contribution in [0.25, 0.3) is 16.6 Å². The molecule has 1 aliphatic heterocycles. The number of nitrogens with one attached hydrogen (secondary N) is 1. The predicted octanol–water partition coefficient (Wildman–Crippen LogP) is 5.87. The van der Waals surface area contributed by atoms with Crippen LogP contribution in [0.2, 0.25) is 0 Å². The summed E-state index contributed by atoms with van der Waals surface area (Å²) >= 11 is 0. The molecule has 0 fully saturated rings. The van der Waals surface area contributed by atoms with Crippen LogP contribution in [0.15, 0.2) is 67.1 Å². The number of ether oxygens (including phenoxy) is 3. The van der Waals surface area contributed by atoms with Crippen molar-refractivity contribution < 1.29 is 32.2 Å². The number of imidazole rings is 1. The molecule has 3 aromatic carbocycles. The standard InChI is InChI=1S/C31H28F3N5O4/c1-38(27-16-43-15-20-10-21(31(32,33)34)6-8-23(20)27)30(40)18-5-9-24-25(11-18)39-17-35-14-26(39)29(37-24)36-13-19-4-7-22(41-2)12-28(19)42-3/h4-12,14,17,27H,13,15-16H2,1-3H3,(H,36,37)/t27-/m0/s1. The maximum atomic E-state index is 13.6. The monoisotopic (exact) mass is 591 g/mol. The van der Waals surface area contributed by atoms with Gasteiger partial charge in [0.2, 0.25) is 0 Å². The van der Waals surface area contributed by atoms with Gasteiger partial charge in [-0.2, -0.15) is 13.2 Å². The quantitative estimate of drug-likeness (QED) is 0.253. The molecule has 0 aliphatic carbocycles. The first-order chi connectivity index (χ1) is 20.7. The van der Waals surface area contributed by atoms with E-state index in [2.05, 4.69) is 10.3 Å². The first kappa shape index (κ1) is 28.3. The van der Waals surface area contributed by atoms with E-state index in [1.807, 2.05) is 22.6 Å². The van der Waals surface area contributed by atoms with Crippen molar-refractivity contribution in [2.24, 2.45) is 0 Å². The van der Waals surface area contributed by atoms with Crippen LogP contribution in [-0.4, -0.2) is 53.0 Å². The number of halogens is 3. The highest BCUT2D eigenvalue weighted by Gasteiger charge is 2.34. The maximum Gasteiger partial charge on any atom is 0.416 e. The van der Waals surface area contributed by atoms with Crippen molar-refractivity contribution in [3.05, 3.63) is 94.9 Å². The summed E-state index contributed by atoms with van der Waals surface area (Å²) in [7, 11) is 4.82. The van der Waals surface area contributed by atoms with Crippen LogP contribution in [0.1, 0.15) is 38.7 Å². The van der Waals surface area contributed by atoms with E-state index < -0.39 is 17.8 Å². The average Bonchev–Trinajstić information content (AvgIpc) is 3.52. The van der Waals surface area contributed by atoms with E-state index in [4.69, 9.17) is 19.2 Å². The highest BCUT2D eigenvalue weighted by molar-refractivity contribution is 5.98. The van der Waals surface area contributed by atoms with Crippen molar-refractivity contribution in [1.82, 2.24) is 19.3 Å². The minimum absolute atomic E-state index is 0.0552. The maximum absolute atomic E-state index is 13.6. The van der Waals surface area contributed by atoms with Crippen molar-refractivity contribution in [2.45, 2.75) is 25.4 Å². The lowest BCUT2D eigenvalue weighted by Crippen LogP contribution is -2.36. The summed E-state index contributed by atoms with van der Waals surface area (Å²) in [6.45, 7) is 0.665. The minimum Gasteiger partial charge on any atom is -0.497 e. The number of rotatable bonds is 7. The van der Waals surface area contributed by atoms with Gasteiger partial charge in [0, 0.05) is 30.8 Å². The zero-order chi connectivity index (χ0) is 30.3. The molecular formula is C31H28F3N5O4. The summed E-state index contributed by atoms with van der Waals surface area (Å²) in [6, 6.07) is 13.8. The largest absolute Gasteiger partial charge is 0.497 e. The van der Waals surface area contributed by atoms with Crippen LogP contribution in [0.3, 0.4) is 0 Å². The third kappa shape index (κ3) is 5.29. The van der Waals surface area contributed by atoms with Gasteiger partial charge in [0.15, 0.2) is 5.82 Å². The van der Waals surface area contributed by atoms with Gasteiger partial charge >= 0.3 is 6.18 Å². The topological polar surface area (TPSA) is 90.2 Å². The number of hydrogen-bond acceptors (Lipinski definition) is 7. The fourth-order valence-corrected chi connectivity index (χ4v) is 5.36. The molecule has 0 bridgehead atoms. The van der Waals surface area contributed by atoms with Crippen LogP contribution in [0.4, 0.5) is 19.0 Å². The Labute approximate surface area is 244 Å². The lowest BCUT2D eigenvalue weighted by molar-refractivity contribution is -0.137. The Hall–Kier alpha value is -4.84. The number of likely N-dealkylation sites (N-methyl/N-ethyl adjacent to an activating group) is 1. The summed E-state index contributed by atoms with van der Waals surface area (Å²) in [5, 5.41) is 3.36. The number of nitrogens with zero attached hydrogens (tertiary/aromatic N) is 4. The molecule has 9 nitrogen and oxygen atoms in total. The lowest BCUT2D eigenvalue weighted by atomic mass is 9.95. The predicted molar refractivity (Wildman–Crippen MR) is 153 cm³/mol. The van der Waals surface area contributed by atoms with E-state index in [1.165, 1.54) is 11.0 Å². The second kappa shape index (κ2) is 11.1. The Balaban J connectivity index is 1.28. The summed E-state index contributed by atoms with van der Waals surface area (Å²) < 4.78 is 58.0. The number of alkyl halides is 3. The molecule has 5 aromatic rings. The molecule has 1 amide bonds. The Kier molecular flexibility index (Phi) is 7.30. The molecule has 2 aromatic heterocycles. The zero-order valence-corrected chi connectivity index (χ0v) is 23.6. The van der Waals surface area contributed by atoms with Crippen molar-refractivity contribution in [3.8, 4) is 11.5 Å². The van der Waals surface area contributed by atoms with Crippen LogP contribution in [0.5, 0.6) is 11.5 Å². The zero-order valence-electron chi connectivity index (χ0n) is 23.6. The fraction of sp³-hybridized carbons (Fsp3) is 0.258. The molecule has 43 heavy (non-hydrogen) atoms. The molecule has 222 valence electrons. The number of hydrogen-bond donors (Lipinski definition) is 1. The number of carbonyl (C=O) groups excluding carboxylic acids is 1. The number of methoxy groups -OCH3 is 2. The first-order valence-corrected chi connectivity index (χ1v) is 13.4. The smallest absolute Gasteiger partial charge is 0.416 e. The first-order valence-electron chi connectivity index (χ1n) is 13.4. The third-order valence-electron chi connectivity index (χ3n) is 7.69. The van der Waals surface area contributed by atoms with Gasteiger partial charge in [0.25, 0.3) is 5.91 Å². The third-order valence-corrected chi connectivity index (χ3v) is 7.69. The number of aromatic nitrogens is 3. The van der Waals surface area contributed by atoms with E-state index >= 15 is 0 Å². The fourth-order valence-electron chi connectivity index (χ4n) is 5.36. The molecule has 1 atom stereocenters. The molecule has 0 saturated carbocycles. The molecule has 0 unspecified atom stereocenters. The second-order valence-electron chi connectivity index (χ2n) is 10.2. The Morgan fingerprint density at radius 2 is 1.93 bits per heavy atom. The minimum atomic E-state index is -4.46. The number of anilines is 1. The number of carbonyl (C=O) groups is 1. The van der Waals surface area contributed by atoms with Crippen molar-refractivity contribution in [2.75, 3.05) is 33.2 Å². The molecule has 0 saturated heterocycles. The number of amides is 1. The number of fused-ring (bicyclic) bond motifs is 4. The van der Waals surface area contributed by atoms with Crippen molar-refractivity contribution in [1.29, 1.82) is 0 Å². The Morgan fingerprint density at radius 1 is 1.09 bits per heavy atom. The summed E-state index contributed by atoms with van der Waals surface area (Å²) in [5.41, 5.74) is 3.65. The highest BCUT2D eigenvalue weighted by Crippen LogP contribution is 2.36. The molecule has 0 radical (unpaired) electrons. The number of benzene rings is 3. The molecular weight excluding hydrogens is 563 g/mol. The van der Waals surface area contributed by atoms with Crippen molar-refractivity contribution in [3.63, 3.8) is 0 Å². The van der Waals surface area contributed by atoms with Crippen LogP contribution >= 0.6 is 0 Å². The van der Waals surface area contributed by atoms with Crippen LogP contribution in [-0.2, 0) is 24.1 Å². The van der Waals surface area contributed by atoms with Gasteiger partial charge in [-0.05, 0) is 53.6 Å². The van der Waals surface area contributed by atoms with E-state index in [0.717, 1.165) is 17.7 Å². The molecule has 12 heteroatoms. The summed E-state index contributed by atoms with van der Waals surface area (Å²) in [6.07, 6.45) is -1.12. The van der Waals surface area contributed by atoms with Gasteiger partial charge < -0.3 is 24.4 Å². The average molecular weight is 592 g/mol. The van der Waals surface area contributed by atoms with Gasteiger partial charge in [0.05, 0.1) is 62.6 Å². The lowest BCUT2D eigenvalue weighted by Gasteiger charge is -2.33. The van der Waals surface area contributed by atoms with E-state index in [1.54, 1.807) is 52.0 Å². The van der Waals surface area contributed by atoms with E-state index in [9.17, 15) is 18.0 Å². The molecule has 3 heterocycles. The van der Waals surface area contributed by atoms with Gasteiger partial charge in [-0.25, -0.2) is 9.97 Å². The van der Waals surface area contributed by atoms with Crippen LogP contribution in [0, 0.1) is 0 Å². The van der Waals surface area contributed by atoms with Gasteiger partial charge in [-0.15, -0.1) is 0 Å². The normalized spacial score (nSPS) is 14.9. The molecule has 1 N–H and O–H groups in total. The second-order valence-corrected chi connectivity index (χ2v) is 10.2. The summed E-state index contributed by atoms with van der Waals surface area (Å²) in [5.74, 6) is 1.67. The Morgan fingerprint density at radius 3 is 2.70 bits per heavy atom. The Bertz CT molecular complexity index is 1840. The van der Waals surface area contributed by atoms with Gasteiger partial charge in [-0.1, -0.05) is 6.07 Å². The van der Waals surface area contributed by atoms with Crippen LogP contribution < -0.4 is 14.8 Å². The molecule has 1 aliphatic rings. The van der Waals surface area contributed by atoms with Crippen molar-refractivity contribution >= 4 is 28.3 Å². The van der Waals surface area contributed by atoms with E-state index in [-0.39, 0.29) is 19.1 Å². The van der Waals surface area contributed by atoms with Gasteiger partial charge in [0.1, 0.15) is 17.0 Å². The SMILES string of the molecule is COc1ccc(CNc2nc3ccc(C(=O)N(C)[C@H]4COCc5cc(C(F)(F)F)ccc54)cc3n3cncc23)c(OC)c1. The molecule has 0 spiro atoms. The summed E-state index contributed by atoms with van der Waals surface area (Å²) in [4.78, 5) is 24.2. The van der Waals surface area contributed by atoms with E-state index in [0.29, 0.717) is 57.1 Å². The molecule has 6 rings (SSSR count). The van der Waals surface area contributed by atoms with Gasteiger partial charge in [-0.3, -0.25) is 9.20 Å². The highest BCUT2D eigenvalue weighted by atomic mass is 19.4.